The van der Waals surface area contributed by atoms with Crippen molar-refractivity contribution in [2.24, 2.45) is 0 Å². The number of likely N-dealkylation sites (N-methyl/N-ethyl adjacent to an activating group) is 1. The van der Waals surface area contributed by atoms with E-state index in [0.29, 0.717) is 18.8 Å². The van der Waals surface area contributed by atoms with Crippen LogP contribution in [-0.2, 0) is 16.0 Å². The Morgan fingerprint density at radius 3 is 2.68 bits per heavy atom. The molecule has 6 heteroatoms. The standard InChI is InChI=1S/C22H32N2O4/c1-7-16-10-11-19(27-6)17(13-16)14-20(25)24-12-8-9-18(15-24)23(5)21(26)28-22(2,3)4/h7,10-11,13,18H,1,8-9,12,14-15H2,2-6H3/t18-/m0/s1. The molecule has 1 aromatic rings. The molecule has 1 atom stereocenters. The molecule has 0 saturated carbocycles. The minimum atomic E-state index is -0.539. The summed E-state index contributed by atoms with van der Waals surface area (Å²) in [6.45, 7) is 10.5. The van der Waals surface area contributed by atoms with Gasteiger partial charge in [-0.3, -0.25) is 4.79 Å². The first-order chi connectivity index (χ1) is 13.1. The van der Waals surface area contributed by atoms with Crippen LogP contribution in [0.2, 0.25) is 0 Å². The van der Waals surface area contributed by atoms with Crippen molar-refractivity contribution in [1.29, 1.82) is 0 Å². The maximum atomic E-state index is 12.9. The van der Waals surface area contributed by atoms with Crippen LogP contribution < -0.4 is 4.74 Å². The summed E-state index contributed by atoms with van der Waals surface area (Å²) in [5, 5.41) is 0. The van der Waals surface area contributed by atoms with Crippen molar-refractivity contribution in [2.75, 3.05) is 27.2 Å². The molecule has 1 aromatic carbocycles. The Balaban J connectivity index is 2.05. The summed E-state index contributed by atoms with van der Waals surface area (Å²) in [6, 6.07) is 5.65. The molecule has 0 aliphatic carbocycles. The quantitative estimate of drug-likeness (QED) is 0.771. The van der Waals surface area contributed by atoms with Crippen LogP contribution >= 0.6 is 0 Å². The minimum Gasteiger partial charge on any atom is -0.496 e. The maximum absolute atomic E-state index is 12.9. The number of benzene rings is 1. The van der Waals surface area contributed by atoms with Gasteiger partial charge < -0.3 is 19.3 Å². The van der Waals surface area contributed by atoms with Crippen LogP contribution in [0.5, 0.6) is 5.75 Å². The van der Waals surface area contributed by atoms with Crippen LogP contribution in [-0.4, -0.2) is 60.7 Å². The van der Waals surface area contributed by atoms with E-state index in [-0.39, 0.29) is 24.5 Å². The lowest BCUT2D eigenvalue weighted by Gasteiger charge is -2.38. The van der Waals surface area contributed by atoms with E-state index in [4.69, 9.17) is 9.47 Å². The molecule has 2 amide bonds. The Morgan fingerprint density at radius 1 is 1.36 bits per heavy atom. The number of hydrogen-bond donors (Lipinski definition) is 0. The Kier molecular flexibility index (Phi) is 7.11. The lowest BCUT2D eigenvalue weighted by atomic mass is 10.0. The largest absolute Gasteiger partial charge is 0.496 e. The first kappa shape index (κ1) is 21.8. The predicted octanol–water partition coefficient (Wildman–Crippen LogP) is 3.74. The van der Waals surface area contributed by atoms with Gasteiger partial charge in [0, 0.05) is 25.7 Å². The normalized spacial score (nSPS) is 17.0. The maximum Gasteiger partial charge on any atom is 0.410 e. The molecule has 1 aliphatic heterocycles. The van der Waals surface area contributed by atoms with Crippen molar-refractivity contribution in [1.82, 2.24) is 9.80 Å². The zero-order valence-electron chi connectivity index (χ0n) is 17.7. The monoisotopic (exact) mass is 388 g/mol. The molecular weight excluding hydrogens is 356 g/mol. The Morgan fingerprint density at radius 2 is 2.07 bits per heavy atom. The summed E-state index contributed by atoms with van der Waals surface area (Å²) in [6.07, 6.45) is 3.36. The van der Waals surface area contributed by atoms with Crippen LogP contribution in [0.15, 0.2) is 24.8 Å². The summed E-state index contributed by atoms with van der Waals surface area (Å²) in [7, 11) is 3.34. The molecule has 0 radical (unpaired) electrons. The van der Waals surface area contributed by atoms with E-state index < -0.39 is 5.60 Å². The van der Waals surface area contributed by atoms with Gasteiger partial charge in [0.25, 0.3) is 0 Å². The third kappa shape index (κ3) is 5.75. The summed E-state index contributed by atoms with van der Waals surface area (Å²) in [5.41, 5.74) is 1.25. The zero-order valence-corrected chi connectivity index (χ0v) is 17.7. The average molecular weight is 389 g/mol. The number of methoxy groups -OCH3 is 1. The highest BCUT2D eigenvalue weighted by molar-refractivity contribution is 5.80. The molecule has 0 spiro atoms. The van der Waals surface area contributed by atoms with E-state index in [1.165, 1.54) is 0 Å². The fourth-order valence-corrected chi connectivity index (χ4v) is 3.32. The number of piperidine rings is 1. The highest BCUT2D eigenvalue weighted by Gasteiger charge is 2.31. The van der Waals surface area contributed by atoms with Crippen molar-refractivity contribution in [3.63, 3.8) is 0 Å². The topological polar surface area (TPSA) is 59.1 Å². The van der Waals surface area contributed by atoms with Crippen molar-refractivity contribution >= 4 is 18.1 Å². The first-order valence-electron chi connectivity index (χ1n) is 9.67. The van der Waals surface area contributed by atoms with Gasteiger partial charge in [-0.15, -0.1) is 0 Å². The fourth-order valence-electron chi connectivity index (χ4n) is 3.32. The summed E-state index contributed by atoms with van der Waals surface area (Å²) in [4.78, 5) is 28.7. The van der Waals surface area contributed by atoms with E-state index in [1.54, 1.807) is 25.1 Å². The molecule has 0 N–H and O–H groups in total. The molecular formula is C22H32N2O4. The van der Waals surface area contributed by atoms with Gasteiger partial charge in [0.15, 0.2) is 0 Å². The van der Waals surface area contributed by atoms with Crippen LogP contribution in [0.4, 0.5) is 4.79 Å². The van der Waals surface area contributed by atoms with Gasteiger partial charge in [0.2, 0.25) is 5.91 Å². The molecule has 154 valence electrons. The van der Waals surface area contributed by atoms with Gasteiger partial charge in [-0.1, -0.05) is 18.7 Å². The summed E-state index contributed by atoms with van der Waals surface area (Å²) >= 11 is 0. The van der Waals surface area contributed by atoms with E-state index in [0.717, 1.165) is 24.0 Å². The number of hydrogen-bond acceptors (Lipinski definition) is 4. The van der Waals surface area contributed by atoms with Gasteiger partial charge >= 0.3 is 6.09 Å². The van der Waals surface area contributed by atoms with E-state index >= 15 is 0 Å². The Labute approximate surface area is 168 Å². The van der Waals surface area contributed by atoms with Crippen LogP contribution in [0.25, 0.3) is 6.08 Å². The molecule has 6 nitrogen and oxygen atoms in total. The summed E-state index contributed by atoms with van der Waals surface area (Å²) < 4.78 is 10.9. The zero-order chi connectivity index (χ0) is 20.9. The van der Waals surface area contributed by atoms with Crippen molar-refractivity contribution < 1.29 is 19.1 Å². The minimum absolute atomic E-state index is 0.0294. The third-order valence-corrected chi connectivity index (χ3v) is 4.86. The number of carbonyl (C=O) groups is 2. The second-order valence-corrected chi connectivity index (χ2v) is 8.18. The smallest absolute Gasteiger partial charge is 0.410 e. The first-order valence-corrected chi connectivity index (χ1v) is 9.67. The fraction of sp³-hybridized carbons (Fsp3) is 0.545. The van der Waals surface area contributed by atoms with E-state index in [2.05, 4.69) is 6.58 Å². The van der Waals surface area contributed by atoms with Gasteiger partial charge in [0.05, 0.1) is 19.6 Å². The Bertz CT molecular complexity index is 724. The van der Waals surface area contributed by atoms with Crippen molar-refractivity contribution in [2.45, 2.75) is 51.7 Å². The number of amides is 2. The third-order valence-electron chi connectivity index (χ3n) is 4.86. The van der Waals surface area contributed by atoms with Crippen molar-refractivity contribution in [3.8, 4) is 5.75 Å². The van der Waals surface area contributed by atoms with Crippen LogP contribution in [0, 0.1) is 0 Å². The predicted molar refractivity (Wildman–Crippen MR) is 110 cm³/mol. The molecule has 1 aliphatic rings. The van der Waals surface area contributed by atoms with Crippen LogP contribution in [0.1, 0.15) is 44.7 Å². The SMILES string of the molecule is C=Cc1ccc(OC)c(CC(=O)N2CCC[C@H](N(C)C(=O)OC(C)(C)C)C2)c1. The molecule has 1 fully saturated rings. The van der Waals surface area contributed by atoms with Gasteiger partial charge in [-0.25, -0.2) is 4.79 Å². The number of rotatable bonds is 5. The average Bonchev–Trinajstić information content (AvgIpc) is 2.66. The van der Waals surface area contributed by atoms with E-state index in [9.17, 15) is 9.59 Å². The molecule has 2 rings (SSSR count). The number of likely N-dealkylation sites (tertiary alicyclic amines) is 1. The number of nitrogens with zero attached hydrogens (tertiary/aromatic N) is 2. The second kappa shape index (κ2) is 9.13. The lowest BCUT2D eigenvalue weighted by Crippen LogP contribution is -2.51. The highest BCUT2D eigenvalue weighted by Crippen LogP contribution is 2.23. The molecule has 1 saturated heterocycles. The summed E-state index contributed by atoms with van der Waals surface area (Å²) in [5.74, 6) is 0.722. The van der Waals surface area contributed by atoms with Gasteiger partial charge in [0.1, 0.15) is 11.4 Å². The van der Waals surface area contributed by atoms with Gasteiger partial charge in [-0.05, 0) is 51.3 Å². The molecule has 0 aromatic heterocycles. The number of carbonyl (C=O) groups excluding carboxylic acids is 2. The molecule has 1 heterocycles. The molecule has 0 unspecified atom stereocenters. The Hall–Kier alpha value is -2.50. The molecule has 28 heavy (non-hydrogen) atoms. The lowest BCUT2D eigenvalue weighted by molar-refractivity contribution is -0.132. The highest BCUT2D eigenvalue weighted by atomic mass is 16.6. The second-order valence-electron chi connectivity index (χ2n) is 8.18. The van der Waals surface area contributed by atoms with Crippen LogP contribution in [0.3, 0.4) is 0 Å². The molecule has 0 bridgehead atoms. The van der Waals surface area contributed by atoms with Crippen molar-refractivity contribution in [3.05, 3.63) is 35.9 Å². The van der Waals surface area contributed by atoms with Gasteiger partial charge in [-0.2, -0.15) is 0 Å². The number of ether oxygens (including phenoxy) is 2. The van der Waals surface area contributed by atoms with E-state index in [1.807, 2.05) is 43.9 Å².